The Hall–Kier alpha value is -1.26. The van der Waals surface area contributed by atoms with Crippen molar-refractivity contribution in [1.29, 1.82) is 0 Å². The average molecular weight is 299 g/mol. The molecule has 0 saturated carbocycles. The summed E-state index contributed by atoms with van der Waals surface area (Å²) in [5, 5.41) is 6.17. The van der Waals surface area contributed by atoms with Gasteiger partial charge in [0, 0.05) is 6.54 Å². The van der Waals surface area contributed by atoms with Crippen LogP contribution in [0.25, 0.3) is 0 Å². The molecular formula is C15H23ClN2O2. The molecule has 1 saturated heterocycles. The van der Waals surface area contributed by atoms with Gasteiger partial charge >= 0.3 is 0 Å². The van der Waals surface area contributed by atoms with Gasteiger partial charge in [0.2, 0.25) is 5.91 Å². The number of ether oxygens (including phenoxy) is 1. The monoisotopic (exact) mass is 298 g/mol. The van der Waals surface area contributed by atoms with Gasteiger partial charge in [0.05, 0.1) is 12.0 Å². The van der Waals surface area contributed by atoms with Crippen LogP contribution in [0.15, 0.2) is 24.3 Å². The third-order valence-electron chi connectivity index (χ3n) is 3.56. The summed E-state index contributed by atoms with van der Waals surface area (Å²) < 4.78 is 5.60. The minimum absolute atomic E-state index is 0. The predicted octanol–water partition coefficient (Wildman–Crippen LogP) is 1.91. The normalized spacial score (nSPS) is 21.1. The fourth-order valence-electron chi connectivity index (χ4n) is 2.26. The van der Waals surface area contributed by atoms with Crippen molar-refractivity contribution in [3.05, 3.63) is 29.8 Å². The molecule has 20 heavy (non-hydrogen) atoms. The van der Waals surface area contributed by atoms with Gasteiger partial charge in [-0.3, -0.25) is 4.79 Å². The van der Waals surface area contributed by atoms with Crippen molar-refractivity contribution >= 4 is 18.3 Å². The second kappa shape index (κ2) is 7.50. The van der Waals surface area contributed by atoms with Gasteiger partial charge in [0.15, 0.2) is 0 Å². The topological polar surface area (TPSA) is 50.4 Å². The highest BCUT2D eigenvalue weighted by Gasteiger charge is 2.35. The van der Waals surface area contributed by atoms with Crippen LogP contribution in [-0.4, -0.2) is 32.1 Å². The number of hydrogen-bond acceptors (Lipinski definition) is 3. The van der Waals surface area contributed by atoms with Crippen molar-refractivity contribution in [3.63, 3.8) is 0 Å². The molecule has 5 heteroatoms. The van der Waals surface area contributed by atoms with Crippen LogP contribution in [0.5, 0.6) is 5.75 Å². The standard InChI is InChI=1S/C15H22N2O2.ClH/c1-12-4-3-5-13(10-12)19-9-8-17-14(18)15(2)6-7-16-11-15;/h3-5,10,16H,6-9,11H2,1-2H3,(H,17,18);1H. The van der Waals surface area contributed by atoms with E-state index in [9.17, 15) is 4.79 Å². The van der Waals surface area contributed by atoms with Gasteiger partial charge in [-0.1, -0.05) is 12.1 Å². The predicted molar refractivity (Wildman–Crippen MR) is 82.5 cm³/mol. The van der Waals surface area contributed by atoms with Crippen molar-refractivity contribution < 1.29 is 9.53 Å². The van der Waals surface area contributed by atoms with E-state index in [0.29, 0.717) is 13.2 Å². The summed E-state index contributed by atoms with van der Waals surface area (Å²) in [5.74, 6) is 0.966. The molecule has 0 aromatic heterocycles. The van der Waals surface area contributed by atoms with Crippen LogP contribution < -0.4 is 15.4 Å². The fourth-order valence-corrected chi connectivity index (χ4v) is 2.26. The van der Waals surface area contributed by atoms with E-state index in [2.05, 4.69) is 10.6 Å². The zero-order valence-electron chi connectivity index (χ0n) is 12.1. The third-order valence-corrected chi connectivity index (χ3v) is 3.56. The first kappa shape index (κ1) is 16.8. The molecule has 1 amide bonds. The summed E-state index contributed by atoms with van der Waals surface area (Å²) in [4.78, 5) is 12.0. The Morgan fingerprint density at radius 3 is 2.95 bits per heavy atom. The summed E-state index contributed by atoms with van der Waals surface area (Å²) in [6.45, 7) is 6.76. The molecule has 1 fully saturated rings. The molecule has 112 valence electrons. The molecule has 1 aromatic rings. The first-order valence-electron chi connectivity index (χ1n) is 6.79. The Balaban J connectivity index is 0.00000200. The van der Waals surface area contributed by atoms with E-state index >= 15 is 0 Å². The Bertz CT molecular complexity index is 445. The molecule has 1 heterocycles. The van der Waals surface area contributed by atoms with E-state index in [1.54, 1.807) is 0 Å². The van der Waals surface area contributed by atoms with Crippen LogP contribution in [0.4, 0.5) is 0 Å². The fraction of sp³-hybridized carbons (Fsp3) is 0.533. The number of aryl methyl sites for hydroxylation is 1. The molecule has 4 nitrogen and oxygen atoms in total. The van der Waals surface area contributed by atoms with Crippen molar-refractivity contribution in [2.45, 2.75) is 20.3 Å². The smallest absolute Gasteiger partial charge is 0.227 e. The lowest BCUT2D eigenvalue weighted by atomic mass is 9.89. The van der Waals surface area contributed by atoms with Crippen LogP contribution in [0.2, 0.25) is 0 Å². The molecule has 0 spiro atoms. The number of carbonyl (C=O) groups is 1. The maximum atomic E-state index is 12.0. The van der Waals surface area contributed by atoms with Gasteiger partial charge in [0.1, 0.15) is 12.4 Å². The Labute approximate surface area is 126 Å². The van der Waals surface area contributed by atoms with Gasteiger partial charge in [-0.15, -0.1) is 12.4 Å². The number of carbonyl (C=O) groups excluding carboxylic acids is 1. The largest absolute Gasteiger partial charge is 0.492 e. The lowest BCUT2D eigenvalue weighted by Crippen LogP contribution is -2.41. The number of halogens is 1. The van der Waals surface area contributed by atoms with Gasteiger partial charge < -0.3 is 15.4 Å². The SMILES string of the molecule is Cc1cccc(OCCNC(=O)C2(C)CCNC2)c1.Cl. The van der Waals surface area contributed by atoms with E-state index in [1.807, 2.05) is 38.1 Å². The molecule has 1 aromatic carbocycles. The van der Waals surface area contributed by atoms with Crippen LogP contribution in [0.1, 0.15) is 18.9 Å². The summed E-state index contributed by atoms with van der Waals surface area (Å²) in [7, 11) is 0. The molecule has 0 bridgehead atoms. The molecule has 1 aliphatic heterocycles. The second-order valence-electron chi connectivity index (χ2n) is 5.41. The van der Waals surface area contributed by atoms with E-state index < -0.39 is 0 Å². The number of benzene rings is 1. The quantitative estimate of drug-likeness (QED) is 0.817. The maximum Gasteiger partial charge on any atom is 0.227 e. The summed E-state index contributed by atoms with van der Waals surface area (Å²) in [5.41, 5.74) is 0.912. The summed E-state index contributed by atoms with van der Waals surface area (Å²) >= 11 is 0. The third kappa shape index (κ3) is 4.39. The van der Waals surface area contributed by atoms with E-state index in [-0.39, 0.29) is 23.7 Å². The van der Waals surface area contributed by atoms with Crippen molar-refractivity contribution in [1.82, 2.24) is 10.6 Å². The Morgan fingerprint density at radius 2 is 2.30 bits per heavy atom. The lowest BCUT2D eigenvalue weighted by Gasteiger charge is -2.21. The van der Waals surface area contributed by atoms with E-state index in [0.717, 1.165) is 25.3 Å². The lowest BCUT2D eigenvalue weighted by molar-refractivity contribution is -0.129. The molecule has 0 radical (unpaired) electrons. The number of amides is 1. The molecule has 1 unspecified atom stereocenters. The maximum absolute atomic E-state index is 12.0. The first-order chi connectivity index (χ1) is 9.10. The van der Waals surface area contributed by atoms with Crippen LogP contribution in [0.3, 0.4) is 0 Å². The van der Waals surface area contributed by atoms with Gasteiger partial charge in [-0.05, 0) is 44.5 Å². The number of hydrogen-bond donors (Lipinski definition) is 2. The first-order valence-corrected chi connectivity index (χ1v) is 6.79. The summed E-state index contributed by atoms with van der Waals surface area (Å²) in [6.07, 6.45) is 0.900. The molecule has 1 atom stereocenters. The Morgan fingerprint density at radius 1 is 1.50 bits per heavy atom. The van der Waals surface area contributed by atoms with Crippen LogP contribution in [0, 0.1) is 12.3 Å². The van der Waals surface area contributed by atoms with Crippen molar-refractivity contribution in [2.75, 3.05) is 26.2 Å². The minimum atomic E-state index is -0.261. The molecule has 1 aliphatic rings. The van der Waals surface area contributed by atoms with E-state index in [4.69, 9.17) is 4.74 Å². The Kier molecular flexibility index (Phi) is 6.30. The zero-order valence-corrected chi connectivity index (χ0v) is 12.9. The molecule has 2 N–H and O–H groups in total. The van der Waals surface area contributed by atoms with Gasteiger partial charge in [-0.2, -0.15) is 0 Å². The number of nitrogens with one attached hydrogen (secondary N) is 2. The van der Waals surface area contributed by atoms with Crippen molar-refractivity contribution in [3.8, 4) is 5.75 Å². The van der Waals surface area contributed by atoms with Crippen LogP contribution >= 0.6 is 12.4 Å². The van der Waals surface area contributed by atoms with E-state index in [1.165, 1.54) is 5.56 Å². The molecule has 2 rings (SSSR count). The van der Waals surface area contributed by atoms with Gasteiger partial charge in [0.25, 0.3) is 0 Å². The van der Waals surface area contributed by atoms with Crippen molar-refractivity contribution in [2.24, 2.45) is 5.41 Å². The molecule has 0 aliphatic carbocycles. The van der Waals surface area contributed by atoms with Crippen LogP contribution in [-0.2, 0) is 4.79 Å². The van der Waals surface area contributed by atoms with Gasteiger partial charge in [-0.25, -0.2) is 0 Å². The average Bonchev–Trinajstić information content (AvgIpc) is 2.83. The highest BCUT2D eigenvalue weighted by Crippen LogP contribution is 2.24. The zero-order chi connectivity index (χ0) is 13.7. The second-order valence-corrected chi connectivity index (χ2v) is 5.41. The minimum Gasteiger partial charge on any atom is -0.492 e. The number of rotatable bonds is 5. The highest BCUT2D eigenvalue weighted by atomic mass is 35.5. The molecular weight excluding hydrogens is 276 g/mol. The highest BCUT2D eigenvalue weighted by molar-refractivity contribution is 5.85. The summed E-state index contributed by atoms with van der Waals surface area (Å²) in [6, 6.07) is 7.91.